The second-order valence-corrected chi connectivity index (χ2v) is 7.13. The zero-order chi connectivity index (χ0) is 17.3. The van der Waals surface area contributed by atoms with E-state index in [-0.39, 0.29) is 29.7 Å². The van der Waals surface area contributed by atoms with Gasteiger partial charge >= 0.3 is 0 Å². The number of benzene rings is 2. The molecule has 1 aliphatic heterocycles. The Bertz CT molecular complexity index is 777. The Balaban J connectivity index is 1.83. The molecule has 0 aromatic heterocycles. The van der Waals surface area contributed by atoms with Crippen LogP contribution in [0.25, 0.3) is 10.8 Å². The quantitative estimate of drug-likeness (QED) is 0.936. The zero-order valence-corrected chi connectivity index (χ0v) is 14.5. The van der Waals surface area contributed by atoms with Crippen molar-refractivity contribution in [3.63, 3.8) is 0 Å². The number of rotatable bonds is 4. The number of hydrogen-bond acceptors (Lipinski definition) is 2. The normalized spacial score (nSPS) is 18.2. The van der Waals surface area contributed by atoms with Crippen LogP contribution in [0.5, 0.6) is 0 Å². The predicted molar refractivity (Wildman–Crippen MR) is 96.9 cm³/mol. The van der Waals surface area contributed by atoms with Gasteiger partial charge in [0.05, 0.1) is 11.6 Å². The summed E-state index contributed by atoms with van der Waals surface area (Å²) >= 11 is 0. The highest BCUT2D eigenvalue weighted by molar-refractivity contribution is 6.07. The molecule has 0 spiro atoms. The number of carbonyl (C=O) groups is 2. The molecule has 2 amide bonds. The van der Waals surface area contributed by atoms with Gasteiger partial charge in [0.25, 0.3) is 0 Å². The van der Waals surface area contributed by atoms with Gasteiger partial charge in [0, 0.05) is 23.9 Å². The Morgan fingerprint density at radius 2 is 1.92 bits per heavy atom. The summed E-state index contributed by atoms with van der Waals surface area (Å²) in [6.45, 7) is 6.50. The largest absolute Gasteiger partial charge is 0.351 e. The number of amides is 2. The lowest BCUT2D eigenvalue weighted by atomic mass is 9.99. The lowest BCUT2D eigenvalue weighted by Crippen LogP contribution is -2.46. The fraction of sp³-hybridized carbons (Fsp3) is 0.400. The van der Waals surface area contributed by atoms with E-state index in [0.29, 0.717) is 6.54 Å². The summed E-state index contributed by atoms with van der Waals surface area (Å²) in [7, 11) is 0. The van der Waals surface area contributed by atoms with Crippen molar-refractivity contribution in [3.8, 4) is 0 Å². The highest BCUT2D eigenvalue weighted by Crippen LogP contribution is 2.31. The SMILES string of the molecule is CCC(C)(C)NC(=O)C1CC(=O)N(c2cccc3ccccc23)C1. The molecule has 1 aliphatic rings. The Hall–Kier alpha value is -2.36. The van der Waals surface area contributed by atoms with Crippen LogP contribution in [0.1, 0.15) is 33.6 Å². The number of nitrogens with one attached hydrogen (secondary N) is 1. The first-order chi connectivity index (χ1) is 11.4. The van der Waals surface area contributed by atoms with Crippen LogP contribution in [0.4, 0.5) is 5.69 Å². The van der Waals surface area contributed by atoms with Gasteiger partial charge in [-0.3, -0.25) is 9.59 Å². The van der Waals surface area contributed by atoms with Crippen LogP contribution in [-0.4, -0.2) is 23.9 Å². The minimum atomic E-state index is -0.290. The number of anilines is 1. The van der Waals surface area contributed by atoms with E-state index in [2.05, 4.69) is 5.32 Å². The first kappa shape index (κ1) is 16.5. The molecular formula is C20H24N2O2. The lowest BCUT2D eigenvalue weighted by Gasteiger charge is -2.26. The topological polar surface area (TPSA) is 49.4 Å². The molecule has 4 nitrogen and oxygen atoms in total. The molecule has 1 atom stereocenters. The summed E-state index contributed by atoms with van der Waals surface area (Å²) in [4.78, 5) is 26.8. The fourth-order valence-electron chi connectivity index (χ4n) is 3.08. The van der Waals surface area contributed by atoms with Crippen molar-refractivity contribution in [1.82, 2.24) is 5.32 Å². The van der Waals surface area contributed by atoms with Crippen molar-refractivity contribution < 1.29 is 9.59 Å². The van der Waals surface area contributed by atoms with Gasteiger partial charge in [-0.15, -0.1) is 0 Å². The smallest absolute Gasteiger partial charge is 0.227 e. The summed E-state index contributed by atoms with van der Waals surface area (Å²) in [5, 5.41) is 5.20. The van der Waals surface area contributed by atoms with Crippen LogP contribution < -0.4 is 10.2 Å². The summed E-state index contributed by atoms with van der Waals surface area (Å²) in [5.74, 6) is -0.305. The van der Waals surface area contributed by atoms with E-state index in [4.69, 9.17) is 0 Å². The zero-order valence-electron chi connectivity index (χ0n) is 14.5. The standard InChI is InChI=1S/C20H24N2O2/c1-4-20(2,3)21-19(24)15-12-18(23)22(13-15)17-11-7-9-14-8-5-6-10-16(14)17/h5-11,15H,4,12-13H2,1-3H3,(H,21,24). The van der Waals surface area contributed by atoms with Gasteiger partial charge in [0.2, 0.25) is 11.8 Å². The number of nitrogens with zero attached hydrogens (tertiary/aromatic N) is 1. The molecular weight excluding hydrogens is 300 g/mol. The molecule has 1 heterocycles. The maximum atomic E-state index is 12.5. The molecule has 3 rings (SSSR count). The average Bonchev–Trinajstić information content (AvgIpc) is 2.96. The number of hydrogen-bond donors (Lipinski definition) is 1. The van der Waals surface area contributed by atoms with E-state index in [1.54, 1.807) is 4.90 Å². The summed E-state index contributed by atoms with van der Waals surface area (Å²) in [6.07, 6.45) is 1.13. The van der Waals surface area contributed by atoms with Crippen LogP contribution >= 0.6 is 0 Å². The number of fused-ring (bicyclic) bond motifs is 1. The molecule has 2 aromatic carbocycles. The van der Waals surface area contributed by atoms with Crippen LogP contribution in [0.3, 0.4) is 0 Å². The van der Waals surface area contributed by atoms with Crippen LogP contribution in [0, 0.1) is 5.92 Å². The minimum absolute atomic E-state index is 0.0146. The van der Waals surface area contributed by atoms with Crippen molar-refractivity contribution in [2.45, 2.75) is 39.2 Å². The van der Waals surface area contributed by atoms with Crippen molar-refractivity contribution in [2.24, 2.45) is 5.92 Å². The van der Waals surface area contributed by atoms with Gasteiger partial charge in [-0.05, 0) is 31.7 Å². The third-order valence-electron chi connectivity index (χ3n) is 4.90. The lowest BCUT2D eigenvalue weighted by molar-refractivity contribution is -0.127. The van der Waals surface area contributed by atoms with Crippen molar-refractivity contribution >= 4 is 28.3 Å². The van der Waals surface area contributed by atoms with Crippen LogP contribution in [0.2, 0.25) is 0 Å². The maximum Gasteiger partial charge on any atom is 0.227 e. The van der Waals surface area contributed by atoms with Crippen molar-refractivity contribution in [3.05, 3.63) is 42.5 Å². The van der Waals surface area contributed by atoms with E-state index in [1.165, 1.54) is 0 Å². The molecule has 126 valence electrons. The summed E-state index contributed by atoms with van der Waals surface area (Å²) in [6, 6.07) is 14.0. The molecule has 1 N–H and O–H groups in total. The summed E-state index contributed by atoms with van der Waals surface area (Å²) < 4.78 is 0. The molecule has 2 aromatic rings. The molecule has 1 fully saturated rings. The Kier molecular flexibility index (Phi) is 4.31. The first-order valence-corrected chi connectivity index (χ1v) is 8.51. The Labute approximate surface area is 142 Å². The Morgan fingerprint density at radius 3 is 2.67 bits per heavy atom. The first-order valence-electron chi connectivity index (χ1n) is 8.51. The highest BCUT2D eigenvalue weighted by atomic mass is 16.2. The van der Waals surface area contributed by atoms with Gasteiger partial charge in [-0.1, -0.05) is 43.3 Å². The van der Waals surface area contributed by atoms with Crippen LogP contribution in [-0.2, 0) is 9.59 Å². The second kappa shape index (κ2) is 6.27. The van der Waals surface area contributed by atoms with Crippen LogP contribution in [0.15, 0.2) is 42.5 Å². The third kappa shape index (κ3) is 3.14. The maximum absolute atomic E-state index is 12.5. The van der Waals surface area contributed by atoms with Crippen molar-refractivity contribution in [1.29, 1.82) is 0 Å². The fourth-order valence-corrected chi connectivity index (χ4v) is 3.08. The molecule has 0 radical (unpaired) electrons. The van der Waals surface area contributed by atoms with Gasteiger partial charge < -0.3 is 10.2 Å². The predicted octanol–water partition coefficient (Wildman–Crippen LogP) is 3.50. The van der Waals surface area contributed by atoms with Gasteiger partial charge in [0.15, 0.2) is 0 Å². The van der Waals surface area contributed by atoms with E-state index in [9.17, 15) is 9.59 Å². The average molecular weight is 324 g/mol. The van der Waals surface area contributed by atoms with Gasteiger partial charge in [0.1, 0.15) is 0 Å². The van der Waals surface area contributed by atoms with E-state index < -0.39 is 0 Å². The molecule has 1 saturated heterocycles. The molecule has 0 saturated carbocycles. The molecule has 1 unspecified atom stereocenters. The minimum Gasteiger partial charge on any atom is -0.351 e. The number of carbonyl (C=O) groups excluding carboxylic acids is 2. The highest BCUT2D eigenvalue weighted by Gasteiger charge is 2.37. The van der Waals surface area contributed by atoms with E-state index in [1.807, 2.05) is 63.2 Å². The molecule has 4 heteroatoms. The molecule has 0 aliphatic carbocycles. The van der Waals surface area contributed by atoms with Crippen molar-refractivity contribution in [2.75, 3.05) is 11.4 Å². The monoisotopic (exact) mass is 324 g/mol. The molecule has 0 bridgehead atoms. The van der Waals surface area contributed by atoms with E-state index in [0.717, 1.165) is 22.9 Å². The second-order valence-electron chi connectivity index (χ2n) is 7.13. The Morgan fingerprint density at radius 1 is 1.21 bits per heavy atom. The summed E-state index contributed by atoms with van der Waals surface area (Å²) in [5.41, 5.74) is 0.649. The van der Waals surface area contributed by atoms with E-state index >= 15 is 0 Å². The van der Waals surface area contributed by atoms with Gasteiger partial charge in [-0.25, -0.2) is 0 Å². The third-order valence-corrected chi connectivity index (χ3v) is 4.90. The molecule has 24 heavy (non-hydrogen) atoms. The van der Waals surface area contributed by atoms with Gasteiger partial charge in [-0.2, -0.15) is 0 Å².